The zero-order valence-electron chi connectivity index (χ0n) is 8.65. The van der Waals surface area contributed by atoms with E-state index in [2.05, 4.69) is 11.2 Å². The Labute approximate surface area is 90.0 Å². The van der Waals surface area contributed by atoms with Gasteiger partial charge < -0.3 is 4.74 Å². The van der Waals surface area contributed by atoms with Crippen molar-refractivity contribution in [2.24, 2.45) is 0 Å². The zero-order chi connectivity index (χ0) is 11.3. The summed E-state index contributed by atoms with van der Waals surface area (Å²) < 4.78 is 26.9. The van der Waals surface area contributed by atoms with Gasteiger partial charge in [-0.3, -0.25) is 0 Å². The van der Waals surface area contributed by atoms with Gasteiger partial charge in [0.05, 0.1) is 12.9 Å². The first-order valence-corrected chi connectivity index (χ1v) is 6.36. The van der Waals surface area contributed by atoms with E-state index >= 15 is 0 Å². The first-order valence-electron chi connectivity index (χ1n) is 4.47. The summed E-state index contributed by atoms with van der Waals surface area (Å²) in [6.45, 7) is 2.46. The average Bonchev–Trinajstić information content (AvgIpc) is 2.15. The summed E-state index contributed by atoms with van der Waals surface area (Å²) in [6.07, 6.45) is 1.08. The minimum absolute atomic E-state index is 0.572. The van der Waals surface area contributed by atoms with Gasteiger partial charge in [-0.25, -0.2) is 8.42 Å². The molecular formula is C11H12O3S. The van der Waals surface area contributed by atoms with Gasteiger partial charge in [0.15, 0.2) is 0 Å². The number of rotatable bonds is 2. The number of ether oxygens (including phenoxy) is 1. The topological polar surface area (TPSA) is 43.4 Å². The van der Waals surface area contributed by atoms with Crippen LogP contribution in [0.5, 0.6) is 5.75 Å². The highest BCUT2D eigenvalue weighted by Crippen LogP contribution is 2.12. The third-order valence-corrected chi connectivity index (χ3v) is 2.00. The van der Waals surface area contributed by atoms with Gasteiger partial charge in [0.1, 0.15) is 5.75 Å². The molecule has 0 N–H and O–H groups in total. The maximum absolute atomic E-state index is 10.8. The third kappa shape index (κ3) is 4.52. The lowest BCUT2D eigenvalue weighted by atomic mass is 10.2. The molecule has 0 heterocycles. The van der Waals surface area contributed by atoms with Crippen molar-refractivity contribution in [1.82, 2.24) is 0 Å². The molecule has 0 bridgehead atoms. The van der Waals surface area contributed by atoms with Gasteiger partial charge in [0.2, 0.25) is 9.84 Å². The highest BCUT2D eigenvalue weighted by molar-refractivity contribution is 7.95. The highest BCUT2D eigenvalue weighted by atomic mass is 32.2. The molecule has 80 valence electrons. The van der Waals surface area contributed by atoms with Crippen molar-refractivity contribution >= 4 is 9.84 Å². The number of benzene rings is 1. The molecule has 1 aromatic carbocycles. The largest absolute Gasteiger partial charge is 0.494 e. The number of hydrogen-bond donors (Lipinski definition) is 0. The second-order valence-electron chi connectivity index (χ2n) is 2.96. The van der Waals surface area contributed by atoms with Gasteiger partial charge >= 0.3 is 0 Å². The van der Waals surface area contributed by atoms with E-state index in [0.29, 0.717) is 17.9 Å². The van der Waals surface area contributed by atoms with Crippen LogP contribution in [0.1, 0.15) is 12.5 Å². The predicted molar refractivity (Wildman–Crippen MR) is 59.3 cm³/mol. The second kappa shape index (κ2) is 4.85. The molecule has 0 saturated carbocycles. The third-order valence-electron chi connectivity index (χ3n) is 1.53. The molecule has 0 unspecified atom stereocenters. The van der Waals surface area contributed by atoms with Crippen LogP contribution in [0.4, 0.5) is 0 Å². The molecule has 0 amide bonds. The van der Waals surface area contributed by atoms with Gasteiger partial charge in [-0.1, -0.05) is 6.07 Å². The normalized spacial score (nSPS) is 10.3. The molecule has 1 rings (SSSR count). The minimum Gasteiger partial charge on any atom is -0.494 e. The fraction of sp³-hybridized carbons (Fsp3) is 0.273. The molecule has 15 heavy (non-hydrogen) atoms. The van der Waals surface area contributed by atoms with E-state index in [0.717, 1.165) is 6.26 Å². The summed E-state index contributed by atoms with van der Waals surface area (Å²) in [5.41, 5.74) is 0.631. The molecule has 0 radical (unpaired) electrons. The minimum atomic E-state index is -3.25. The predicted octanol–water partition coefficient (Wildman–Crippen LogP) is 1.44. The summed E-state index contributed by atoms with van der Waals surface area (Å²) in [5.74, 6) is 3.26. The van der Waals surface area contributed by atoms with Gasteiger partial charge in [-0.05, 0) is 31.0 Å². The van der Waals surface area contributed by atoms with Crippen LogP contribution >= 0.6 is 0 Å². The van der Waals surface area contributed by atoms with E-state index < -0.39 is 9.84 Å². The van der Waals surface area contributed by atoms with Crippen molar-refractivity contribution < 1.29 is 13.2 Å². The molecule has 1 aromatic rings. The first kappa shape index (κ1) is 11.6. The van der Waals surface area contributed by atoms with Gasteiger partial charge in [0.25, 0.3) is 0 Å². The lowest BCUT2D eigenvalue weighted by Gasteiger charge is -2.01. The standard InChI is InChI=1S/C11H12O3S/c1-3-14-11-6-4-5-10(9-11)7-8-15(2,12)13/h4-6,9H,3H2,1-2H3. The van der Waals surface area contributed by atoms with Gasteiger partial charge in [-0.2, -0.15) is 0 Å². The van der Waals surface area contributed by atoms with Crippen LogP contribution in [0, 0.1) is 11.2 Å². The molecule has 0 saturated heterocycles. The summed E-state index contributed by atoms with van der Waals surface area (Å²) in [5, 5.41) is 2.17. The van der Waals surface area contributed by atoms with E-state index in [9.17, 15) is 8.42 Å². The van der Waals surface area contributed by atoms with Gasteiger partial charge in [-0.15, -0.1) is 0 Å². The summed E-state index contributed by atoms with van der Waals surface area (Å²) in [4.78, 5) is 0. The molecule has 0 aliphatic carbocycles. The van der Waals surface area contributed by atoms with Crippen LogP contribution in [-0.4, -0.2) is 21.3 Å². The molecule has 3 nitrogen and oxygen atoms in total. The second-order valence-corrected chi connectivity index (χ2v) is 4.71. The molecular weight excluding hydrogens is 212 g/mol. The SMILES string of the molecule is CCOc1cccc(C#CS(C)(=O)=O)c1. The molecule has 0 aromatic heterocycles. The van der Waals surface area contributed by atoms with Crippen molar-refractivity contribution in [2.75, 3.05) is 12.9 Å². The van der Waals surface area contributed by atoms with E-state index in [1.807, 2.05) is 6.92 Å². The Morgan fingerprint density at radius 2 is 2.13 bits per heavy atom. The van der Waals surface area contributed by atoms with Crippen LogP contribution in [0.25, 0.3) is 0 Å². The Hall–Kier alpha value is -1.47. The summed E-state index contributed by atoms with van der Waals surface area (Å²) >= 11 is 0. The molecule has 4 heteroatoms. The van der Waals surface area contributed by atoms with Crippen LogP contribution < -0.4 is 4.74 Å². The fourth-order valence-corrected chi connectivity index (χ4v) is 1.29. The fourth-order valence-electron chi connectivity index (χ4n) is 0.982. The van der Waals surface area contributed by atoms with E-state index in [-0.39, 0.29) is 0 Å². The number of sulfone groups is 1. The van der Waals surface area contributed by atoms with E-state index in [1.165, 1.54) is 0 Å². The molecule has 0 atom stereocenters. The summed E-state index contributed by atoms with van der Waals surface area (Å²) in [7, 11) is -3.25. The van der Waals surface area contributed by atoms with Crippen molar-refractivity contribution in [1.29, 1.82) is 0 Å². The van der Waals surface area contributed by atoms with Crippen LogP contribution in [0.2, 0.25) is 0 Å². The Bertz CT molecular complexity index is 492. The molecule has 0 spiro atoms. The van der Waals surface area contributed by atoms with E-state index in [4.69, 9.17) is 4.74 Å². The Morgan fingerprint density at radius 1 is 1.40 bits per heavy atom. The smallest absolute Gasteiger partial charge is 0.214 e. The van der Waals surface area contributed by atoms with E-state index in [1.54, 1.807) is 24.3 Å². The quantitative estimate of drug-likeness (QED) is 0.714. The van der Waals surface area contributed by atoms with Crippen molar-refractivity contribution in [3.05, 3.63) is 29.8 Å². The van der Waals surface area contributed by atoms with Crippen molar-refractivity contribution in [3.63, 3.8) is 0 Å². The van der Waals surface area contributed by atoms with Crippen LogP contribution in [0.3, 0.4) is 0 Å². The number of hydrogen-bond acceptors (Lipinski definition) is 3. The Balaban J connectivity index is 2.95. The molecule has 0 fully saturated rings. The van der Waals surface area contributed by atoms with Crippen molar-refractivity contribution in [2.45, 2.75) is 6.92 Å². The van der Waals surface area contributed by atoms with Crippen LogP contribution in [-0.2, 0) is 9.84 Å². The Morgan fingerprint density at radius 3 is 2.73 bits per heavy atom. The zero-order valence-corrected chi connectivity index (χ0v) is 9.47. The molecule has 0 aliphatic heterocycles. The van der Waals surface area contributed by atoms with Gasteiger partial charge in [0, 0.05) is 10.8 Å². The van der Waals surface area contributed by atoms with Crippen LogP contribution in [0.15, 0.2) is 24.3 Å². The maximum atomic E-state index is 10.8. The summed E-state index contributed by atoms with van der Waals surface area (Å²) in [6, 6.07) is 7.02. The first-order chi connectivity index (χ1) is 7.01. The lowest BCUT2D eigenvalue weighted by molar-refractivity contribution is 0.340. The average molecular weight is 224 g/mol. The maximum Gasteiger partial charge on any atom is 0.214 e. The highest BCUT2D eigenvalue weighted by Gasteiger charge is 1.95. The Kier molecular flexibility index (Phi) is 3.75. The van der Waals surface area contributed by atoms with Crippen molar-refractivity contribution in [3.8, 4) is 16.9 Å². The monoisotopic (exact) mass is 224 g/mol. The molecule has 0 aliphatic rings. The lowest BCUT2D eigenvalue weighted by Crippen LogP contribution is -1.92.